The number of rotatable bonds is 8. The van der Waals surface area contributed by atoms with Gasteiger partial charge in [-0.2, -0.15) is 0 Å². The molecule has 11 nitrogen and oxygen atoms in total. The summed E-state index contributed by atoms with van der Waals surface area (Å²) in [7, 11) is 0. The zero-order valence-electron chi connectivity index (χ0n) is 17.7. The first-order valence-corrected chi connectivity index (χ1v) is 9.20. The van der Waals surface area contributed by atoms with Crippen molar-refractivity contribution in [3.8, 4) is 0 Å². The van der Waals surface area contributed by atoms with E-state index in [0.29, 0.717) is 26.1 Å². The molecular weight excluding hydrogens is 366 g/mol. The van der Waals surface area contributed by atoms with Crippen LogP contribution in [0.5, 0.6) is 0 Å². The quantitative estimate of drug-likeness (QED) is 0.142. The van der Waals surface area contributed by atoms with Crippen LogP contribution >= 0.6 is 0 Å². The Morgan fingerprint density at radius 3 is 2.14 bits per heavy atom. The first-order valence-electron chi connectivity index (χ1n) is 9.20. The van der Waals surface area contributed by atoms with Crippen molar-refractivity contribution in [2.45, 2.75) is 65.6 Å². The van der Waals surface area contributed by atoms with Crippen LogP contribution in [-0.2, 0) is 9.47 Å². The number of amides is 2. The van der Waals surface area contributed by atoms with Crippen LogP contribution in [0.4, 0.5) is 9.59 Å². The van der Waals surface area contributed by atoms with E-state index < -0.39 is 23.4 Å². The van der Waals surface area contributed by atoms with Gasteiger partial charge in [0.05, 0.1) is 0 Å². The molecule has 0 atom stereocenters. The average Bonchev–Trinajstić information content (AvgIpc) is 2.49. The van der Waals surface area contributed by atoms with Crippen molar-refractivity contribution in [3.63, 3.8) is 0 Å². The average molecular weight is 399 g/mol. The molecule has 0 aliphatic carbocycles. The number of guanidine groups is 1. The van der Waals surface area contributed by atoms with E-state index in [1.165, 1.54) is 0 Å². The molecule has 0 bridgehead atoms. The van der Waals surface area contributed by atoms with Crippen molar-refractivity contribution in [3.05, 3.63) is 10.4 Å². The van der Waals surface area contributed by atoms with Gasteiger partial charge >= 0.3 is 12.2 Å². The Morgan fingerprint density at radius 2 is 1.57 bits per heavy atom. The molecule has 11 heteroatoms. The molecule has 0 radical (unpaired) electrons. The van der Waals surface area contributed by atoms with Crippen molar-refractivity contribution in [2.75, 3.05) is 26.2 Å². The second-order valence-corrected chi connectivity index (χ2v) is 7.91. The fraction of sp³-hybridized carbons (Fsp3) is 0.824. The molecule has 2 amide bonds. The Kier molecular flexibility index (Phi) is 11.6. The van der Waals surface area contributed by atoms with Gasteiger partial charge in [0, 0.05) is 18.0 Å². The number of carbonyl (C=O) groups is 2. The van der Waals surface area contributed by atoms with Crippen molar-refractivity contribution in [2.24, 2.45) is 10.1 Å². The fourth-order valence-electron chi connectivity index (χ4n) is 1.75. The predicted molar refractivity (Wildman–Crippen MR) is 107 cm³/mol. The first-order chi connectivity index (χ1) is 12.9. The molecule has 0 spiro atoms. The largest absolute Gasteiger partial charge is 0.444 e. The van der Waals surface area contributed by atoms with Gasteiger partial charge in [-0.3, -0.25) is 5.32 Å². The van der Waals surface area contributed by atoms with E-state index in [1.54, 1.807) is 41.5 Å². The monoisotopic (exact) mass is 399 g/mol. The molecule has 0 saturated heterocycles. The number of aliphatic imine (C=N–C) groups is 1. The highest BCUT2D eigenvalue weighted by atomic mass is 16.6. The van der Waals surface area contributed by atoms with Gasteiger partial charge in [-0.25, -0.2) is 9.59 Å². The number of carbonyl (C=O) groups excluding carboxylic acids is 2. The van der Waals surface area contributed by atoms with Gasteiger partial charge in [0.2, 0.25) is 5.96 Å². The Morgan fingerprint density at radius 1 is 0.964 bits per heavy atom. The van der Waals surface area contributed by atoms with Crippen molar-refractivity contribution < 1.29 is 19.1 Å². The Hall–Kier alpha value is -2.52. The lowest BCUT2D eigenvalue weighted by molar-refractivity contribution is 0.0560. The van der Waals surface area contributed by atoms with E-state index in [1.807, 2.05) is 0 Å². The summed E-state index contributed by atoms with van der Waals surface area (Å²) in [5.74, 6) is -0.0353. The standard InChI is InChI=1S/C17H33N7O4/c1-16(2,3)27-14(25)22-13(23-15(26)28-17(4,5)6)20-11-7-9-19-10-8-12-21-24-18/h19H,7-12H2,1-6H3,(H2,20,22,23,25,26). The summed E-state index contributed by atoms with van der Waals surface area (Å²) in [5.41, 5.74) is 6.81. The summed E-state index contributed by atoms with van der Waals surface area (Å²) in [5, 5.41) is 12.0. The fourth-order valence-corrected chi connectivity index (χ4v) is 1.75. The van der Waals surface area contributed by atoms with E-state index >= 15 is 0 Å². The second-order valence-electron chi connectivity index (χ2n) is 7.91. The van der Waals surface area contributed by atoms with Crippen molar-refractivity contribution in [1.29, 1.82) is 0 Å². The van der Waals surface area contributed by atoms with Crippen LogP contribution in [0, 0.1) is 0 Å². The summed E-state index contributed by atoms with van der Waals surface area (Å²) < 4.78 is 10.3. The maximum Gasteiger partial charge on any atom is 0.437 e. The first kappa shape index (κ1) is 25.5. The SMILES string of the molecule is CC(C)(C)OC(=O)/N=C(\NCCCNCCCN=[N+]=[N-])NC(=O)OC(C)(C)C. The molecule has 0 saturated carbocycles. The number of azide groups is 1. The van der Waals surface area contributed by atoms with E-state index in [4.69, 9.17) is 15.0 Å². The van der Waals surface area contributed by atoms with Crippen LogP contribution in [0.3, 0.4) is 0 Å². The van der Waals surface area contributed by atoms with Crippen molar-refractivity contribution in [1.82, 2.24) is 16.0 Å². The molecule has 0 aromatic carbocycles. The molecule has 0 heterocycles. The number of hydrogen-bond donors (Lipinski definition) is 3. The van der Waals surface area contributed by atoms with E-state index in [2.05, 4.69) is 31.0 Å². The van der Waals surface area contributed by atoms with E-state index in [0.717, 1.165) is 13.0 Å². The lowest BCUT2D eigenvalue weighted by Crippen LogP contribution is -2.44. The minimum absolute atomic E-state index is 0.0353. The van der Waals surface area contributed by atoms with Crippen LogP contribution in [0.1, 0.15) is 54.4 Å². The molecule has 0 aliphatic rings. The third-order valence-electron chi connectivity index (χ3n) is 2.71. The van der Waals surface area contributed by atoms with Crippen LogP contribution in [0.2, 0.25) is 0 Å². The Balaban J connectivity index is 4.54. The molecule has 0 aliphatic heterocycles. The van der Waals surface area contributed by atoms with Crippen LogP contribution in [0.25, 0.3) is 10.4 Å². The number of hydrogen-bond acceptors (Lipinski definition) is 6. The van der Waals surface area contributed by atoms with Crippen LogP contribution in [0.15, 0.2) is 10.1 Å². The van der Waals surface area contributed by atoms with Gasteiger partial charge < -0.3 is 20.1 Å². The number of alkyl carbamates (subject to hydrolysis) is 1. The van der Waals surface area contributed by atoms with Crippen LogP contribution < -0.4 is 16.0 Å². The molecule has 0 unspecified atom stereocenters. The zero-order valence-corrected chi connectivity index (χ0v) is 17.7. The second kappa shape index (κ2) is 12.8. The molecule has 3 N–H and O–H groups in total. The number of nitrogens with one attached hydrogen (secondary N) is 3. The topological polar surface area (TPSA) is 150 Å². The third kappa shape index (κ3) is 16.9. The van der Waals surface area contributed by atoms with E-state index in [9.17, 15) is 9.59 Å². The smallest absolute Gasteiger partial charge is 0.437 e. The summed E-state index contributed by atoms with van der Waals surface area (Å²) in [6, 6.07) is 0. The Labute approximate surface area is 166 Å². The van der Waals surface area contributed by atoms with Gasteiger partial charge in [-0.1, -0.05) is 5.11 Å². The summed E-state index contributed by atoms with van der Waals surface area (Å²) in [6.45, 7) is 12.7. The molecule has 0 aromatic rings. The summed E-state index contributed by atoms with van der Waals surface area (Å²) >= 11 is 0. The summed E-state index contributed by atoms with van der Waals surface area (Å²) in [4.78, 5) is 30.3. The van der Waals surface area contributed by atoms with Gasteiger partial charge in [0.25, 0.3) is 0 Å². The molecular formula is C17H33N7O4. The highest BCUT2D eigenvalue weighted by Crippen LogP contribution is 2.08. The highest BCUT2D eigenvalue weighted by molar-refractivity contribution is 5.98. The normalized spacial score (nSPS) is 12.0. The molecule has 160 valence electrons. The maximum atomic E-state index is 11.9. The maximum absolute atomic E-state index is 11.9. The van der Waals surface area contributed by atoms with Gasteiger partial charge in [-0.05, 0) is 73.0 Å². The summed E-state index contributed by atoms with van der Waals surface area (Å²) in [6.07, 6.45) is -0.0748. The highest BCUT2D eigenvalue weighted by Gasteiger charge is 2.20. The van der Waals surface area contributed by atoms with Gasteiger partial charge in [0.1, 0.15) is 11.2 Å². The zero-order chi connectivity index (χ0) is 21.6. The minimum Gasteiger partial charge on any atom is -0.444 e. The molecule has 28 heavy (non-hydrogen) atoms. The third-order valence-corrected chi connectivity index (χ3v) is 2.71. The predicted octanol–water partition coefficient (Wildman–Crippen LogP) is 3.07. The van der Waals surface area contributed by atoms with Gasteiger partial charge in [-0.15, -0.1) is 4.99 Å². The van der Waals surface area contributed by atoms with Crippen LogP contribution in [-0.4, -0.2) is 55.5 Å². The molecule has 0 aromatic heterocycles. The Bertz CT molecular complexity index is 573. The number of nitrogens with zero attached hydrogens (tertiary/aromatic N) is 4. The van der Waals surface area contributed by atoms with Gasteiger partial charge in [0.15, 0.2) is 0 Å². The minimum atomic E-state index is -0.817. The van der Waals surface area contributed by atoms with E-state index in [-0.39, 0.29) is 5.96 Å². The molecule has 0 fully saturated rings. The lowest BCUT2D eigenvalue weighted by Gasteiger charge is -2.21. The number of ether oxygens (including phenoxy) is 2. The van der Waals surface area contributed by atoms with Crippen molar-refractivity contribution >= 4 is 18.1 Å². The molecule has 0 rings (SSSR count). The lowest BCUT2D eigenvalue weighted by atomic mass is 10.2.